The van der Waals surface area contributed by atoms with E-state index < -0.39 is 0 Å². The molecule has 19 heavy (non-hydrogen) atoms. The Kier molecular flexibility index (Phi) is 4.13. The Labute approximate surface area is 110 Å². The van der Waals surface area contributed by atoms with Crippen LogP contribution in [0.3, 0.4) is 0 Å². The van der Waals surface area contributed by atoms with Crippen LogP contribution in [0.2, 0.25) is 0 Å². The summed E-state index contributed by atoms with van der Waals surface area (Å²) in [6, 6.07) is 12.3. The lowest BCUT2D eigenvalue weighted by atomic mass is 10.1. The van der Waals surface area contributed by atoms with Gasteiger partial charge in [-0.05, 0) is 48.5 Å². The monoisotopic (exact) mass is 260 g/mol. The number of Topliss-reactive ketones (excluding diaryl/α,β-unsaturated/α-hetero) is 1. The minimum atomic E-state index is -0.368. The molecule has 0 radical (unpaired) electrons. The highest BCUT2D eigenvalue weighted by atomic mass is 19.1. The Morgan fingerprint density at radius 1 is 1.00 bits per heavy atom. The highest BCUT2D eigenvalue weighted by Crippen LogP contribution is 2.17. The average Bonchev–Trinajstić information content (AvgIpc) is 2.46. The van der Waals surface area contributed by atoms with Crippen molar-refractivity contribution in [3.8, 4) is 11.5 Å². The second-order valence-corrected chi connectivity index (χ2v) is 3.89. The van der Waals surface area contributed by atoms with E-state index in [1.165, 1.54) is 24.3 Å². The van der Waals surface area contributed by atoms with Crippen LogP contribution in [0.4, 0.5) is 4.39 Å². The molecule has 3 nitrogen and oxygen atoms in total. The SMILES string of the molecule is COc1ccc(OCC(=O)c2ccc(F)cc2)cc1. The number of ether oxygens (including phenoxy) is 2. The van der Waals surface area contributed by atoms with Crippen molar-refractivity contribution < 1.29 is 18.7 Å². The number of carbonyl (C=O) groups excluding carboxylic acids is 1. The van der Waals surface area contributed by atoms with Crippen molar-refractivity contribution in [3.05, 3.63) is 59.9 Å². The van der Waals surface area contributed by atoms with Crippen molar-refractivity contribution in [1.82, 2.24) is 0 Å². The van der Waals surface area contributed by atoms with E-state index >= 15 is 0 Å². The Hall–Kier alpha value is -2.36. The van der Waals surface area contributed by atoms with E-state index in [0.29, 0.717) is 11.3 Å². The molecular formula is C15H13FO3. The van der Waals surface area contributed by atoms with Crippen LogP contribution in [0, 0.1) is 5.82 Å². The minimum absolute atomic E-state index is 0.0854. The molecule has 0 N–H and O–H groups in total. The maximum absolute atomic E-state index is 12.7. The molecule has 0 saturated heterocycles. The van der Waals surface area contributed by atoms with Gasteiger partial charge in [0.25, 0.3) is 0 Å². The average molecular weight is 260 g/mol. The van der Waals surface area contributed by atoms with Crippen molar-refractivity contribution in [2.24, 2.45) is 0 Å². The number of benzene rings is 2. The lowest BCUT2D eigenvalue weighted by Gasteiger charge is -2.06. The third-order valence-electron chi connectivity index (χ3n) is 2.60. The zero-order valence-corrected chi connectivity index (χ0v) is 10.4. The maximum atomic E-state index is 12.7. The summed E-state index contributed by atoms with van der Waals surface area (Å²) >= 11 is 0. The van der Waals surface area contributed by atoms with E-state index in [0.717, 1.165) is 5.75 Å². The number of ketones is 1. The molecule has 0 aromatic heterocycles. The predicted molar refractivity (Wildman–Crippen MR) is 69.2 cm³/mol. The first kappa shape index (κ1) is 13.1. The first-order valence-electron chi connectivity index (χ1n) is 5.74. The molecule has 2 rings (SSSR count). The fourth-order valence-electron chi connectivity index (χ4n) is 1.54. The van der Waals surface area contributed by atoms with E-state index in [9.17, 15) is 9.18 Å². The number of hydrogen-bond donors (Lipinski definition) is 0. The number of methoxy groups -OCH3 is 1. The van der Waals surface area contributed by atoms with Crippen LogP contribution < -0.4 is 9.47 Å². The zero-order valence-electron chi connectivity index (χ0n) is 10.4. The largest absolute Gasteiger partial charge is 0.497 e. The highest BCUT2D eigenvalue weighted by Gasteiger charge is 2.07. The lowest BCUT2D eigenvalue weighted by molar-refractivity contribution is 0.0921. The van der Waals surface area contributed by atoms with Crippen molar-refractivity contribution in [3.63, 3.8) is 0 Å². The minimum Gasteiger partial charge on any atom is -0.497 e. The van der Waals surface area contributed by atoms with Crippen LogP contribution in [0.15, 0.2) is 48.5 Å². The van der Waals surface area contributed by atoms with Crippen LogP contribution in [-0.2, 0) is 0 Å². The molecule has 4 heteroatoms. The van der Waals surface area contributed by atoms with Gasteiger partial charge in [-0.2, -0.15) is 0 Å². The van der Waals surface area contributed by atoms with Crippen LogP contribution in [-0.4, -0.2) is 19.5 Å². The molecular weight excluding hydrogens is 247 g/mol. The van der Waals surface area contributed by atoms with E-state index in [-0.39, 0.29) is 18.2 Å². The van der Waals surface area contributed by atoms with E-state index in [2.05, 4.69) is 0 Å². The Bertz CT molecular complexity index is 547. The van der Waals surface area contributed by atoms with Crippen LogP contribution >= 0.6 is 0 Å². The normalized spacial score (nSPS) is 10.0. The topological polar surface area (TPSA) is 35.5 Å². The van der Waals surface area contributed by atoms with Crippen molar-refractivity contribution in [2.75, 3.05) is 13.7 Å². The molecule has 0 spiro atoms. The van der Waals surface area contributed by atoms with Crippen molar-refractivity contribution in [1.29, 1.82) is 0 Å². The van der Waals surface area contributed by atoms with Crippen LogP contribution in [0.25, 0.3) is 0 Å². The van der Waals surface area contributed by atoms with Crippen molar-refractivity contribution in [2.45, 2.75) is 0 Å². The zero-order chi connectivity index (χ0) is 13.7. The van der Waals surface area contributed by atoms with Gasteiger partial charge in [-0.3, -0.25) is 4.79 Å². The predicted octanol–water partition coefficient (Wildman–Crippen LogP) is 3.10. The van der Waals surface area contributed by atoms with Gasteiger partial charge in [0.15, 0.2) is 12.4 Å². The Morgan fingerprint density at radius 2 is 1.58 bits per heavy atom. The molecule has 2 aromatic carbocycles. The molecule has 0 unspecified atom stereocenters. The second-order valence-electron chi connectivity index (χ2n) is 3.89. The Morgan fingerprint density at radius 3 is 2.16 bits per heavy atom. The smallest absolute Gasteiger partial charge is 0.200 e. The van der Waals surface area contributed by atoms with Gasteiger partial charge < -0.3 is 9.47 Å². The summed E-state index contributed by atoms with van der Waals surface area (Å²) in [5, 5.41) is 0. The molecule has 0 amide bonds. The number of hydrogen-bond acceptors (Lipinski definition) is 3. The van der Waals surface area contributed by atoms with E-state index in [4.69, 9.17) is 9.47 Å². The molecule has 0 bridgehead atoms. The molecule has 2 aromatic rings. The second kappa shape index (κ2) is 6.00. The molecule has 0 aliphatic rings. The fourth-order valence-corrected chi connectivity index (χ4v) is 1.54. The molecule has 0 aliphatic heterocycles. The lowest BCUT2D eigenvalue weighted by Crippen LogP contribution is -2.11. The van der Waals surface area contributed by atoms with Gasteiger partial charge in [-0.15, -0.1) is 0 Å². The van der Waals surface area contributed by atoms with E-state index in [1.807, 2.05) is 0 Å². The standard InChI is InChI=1S/C15H13FO3/c1-18-13-6-8-14(9-7-13)19-10-15(17)11-2-4-12(16)5-3-11/h2-9H,10H2,1H3. The molecule has 0 saturated carbocycles. The number of carbonyl (C=O) groups is 1. The maximum Gasteiger partial charge on any atom is 0.200 e. The Balaban J connectivity index is 1.94. The molecule has 0 heterocycles. The van der Waals surface area contributed by atoms with Gasteiger partial charge in [0.05, 0.1) is 7.11 Å². The van der Waals surface area contributed by atoms with Crippen molar-refractivity contribution >= 4 is 5.78 Å². The van der Waals surface area contributed by atoms with Gasteiger partial charge >= 0.3 is 0 Å². The van der Waals surface area contributed by atoms with Gasteiger partial charge in [0.1, 0.15) is 17.3 Å². The summed E-state index contributed by atoms with van der Waals surface area (Å²) in [6.07, 6.45) is 0. The van der Waals surface area contributed by atoms with E-state index in [1.54, 1.807) is 31.4 Å². The molecule has 0 atom stereocenters. The molecule has 0 fully saturated rings. The van der Waals surface area contributed by atoms with Crippen LogP contribution in [0.1, 0.15) is 10.4 Å². The summed E-state index contributed by atoms with van der Waals surface area (Å²) in [5.41, 5.74) is 0.426. The summed E-state index contributed by atoms with van der Waals surface area (Å²) in [7, 11) is 1.58. The summed E-state index contributed by atoms with van der Waals surface area (Å²) in [4.78, 5) is 11.8. The quantitative estimate of drug-likeness (QED) is 0.775. The first-order chi connectivity index (χ1) is 9.19. The molecule has 98 valence electrons. The van der Waals surface area contributed by atoms with Gasteiger partial charge in [0, 0.05) is 5.56 Å². The third kappa shape index (κ3) is 3.55. The molecule has 0 aliphatic carbocycles. The summed E-state index contributed by atoms with van der Waals surface area (Å²) in [5.74, 6) is 0.733. The van der Waals surface area contributed by atoms with Gasteiger partial charge in [0.2, 0.25) is 0 Å². The first-order valence-corrected chi connectivity index (χ1v) is 5.74. The van der Waals surface area contributed by atoms with Crippen LogP contribution in [0.5, 0.6) is 11.5 Å². The highest BCUT2D eigenvalue weighted by molar-refractivity contribution is 5.97. The summed E-state index contributed by atoms with van der Waals surface area (Å²) in [6.45, 7) is -0.0854. The number of halogens is 1. The fraction of sp³-hybridized carbons (Fsp3) is 0.133. The van der Waals surface area contributed by atoms with Gasteiger partial charge in [-0.1, -0.05) is 0 Å². The summed E-state index contributed by atoms with van der Waals surface area (Å²) < 4.78 is 23.1. The third-order valence-corrected chi connectivity index (χ3v) is 2.60. The number of rotatable bonds is 5. The van der Waals surface area contributed by atoms with Gasteiger partial charge in [-0.25, -0.2) is 4.39 Å².